The predicted molar refractivity (Wildman–Crippen MR) is 69.9 cm³/mol. The Kier molecular flexibility index (Phi) is 4.29. The maximum atomic E-state index is 12.4. The van der Waals surface area contributed by atoms with Crippen molar-refractivity contribution in [1.29, 1.82) is 0 Å². The van der Waals surface area contributed by atoms with E-state index in [0.29, 0.717) is 24.1 Å². The van der Waals surface area contributed by atoms with E-state index >= 15 is 0 Å². The molecule has 1 amide bonds. The topological polar surface area (TPSA) is 55.3 Å². The highest BCUT2D eigenvalue weighted by Gasteiger charge is 2.29. The fourth-order valence-corrected chi connectivity index (χ4v) is 2.81. The Labute approximate surface area is 111 Å². The summed E-state index contributed by atoms with van der Waals surface area (Å²) < 4.78 is 5.34. The van der Waals surface area contributed by atoms with Crippen LogP contribution in [0.2, 0.25) is 0 Å². The van der Waals surface area contributed by atoms with Crippen LogP contribution in [0.5, 0.6) is 0 Å². The van der Waals surface area contributed by atoms with Crippen LogP contribution in [0.4, 0.5) is 0 Å². The first kappa shape index (κ1) is 13.4. The van der Waals surface area contributed by atoms with Crippen molar-refractivity contribution in [2.75, 3.05) is 19.8 Å². The molecule has 1 aliphatic rings. The molecule has 1 fully saturated rings. The number of hydrogen-bond donors (Lipinski definition) is 0. The standard InChI is InChI=1S/C12H19N3O2S/c1-4-15(9-5-6-17-7-9)12(16)11-14-13-10(18-11)8(2)3/h8-9H,4-7H2,1-3H3. The van der Waals surface area contributed by atoms with Gasteiger partial charge in [0.2, 0.25) is 5.01 Å². The summed E-state index contributed by atoms with van der Waals surface area (Å²) in [5.41, 5.74) is 0. The van der Waals surface area contributed by atoms with Crippen molar-refractivity contribution in [1.82, 2.24) is 15.1 Å². The number of aromatic nitrogens is 2. The van der Waals surface area contributed by atoms with Crippen LogP contribution < -0.4 is 0 Å². The molecule has 0 aliphatic carbocycles. The van der Waals surface area contributed by atoms with Crippen LogP contribution in [0.1, 0.15) is 47.9 Å². The highest BCUT2D eigenvalue weighted by Crippen LogP contribution is 2.22. The van der Waals surface area contributed by atoms with Gasteiger partial charge in [-0.05, 0) is 13.3 Å². The molecule has 6 heteroatoms. The minimum Gasteiger partial charge on any atom is -0.379 e. The van der Waals surface area contributed by atoms with Crippen LogP contribution in [0.3, 0.4) is 0 Å². The highest BCUT2D eigenvalue weighted by molar-refractivity contribution is 7.13. The van der Waals surface area contributed by atoms with Crippen LogP contribution in [0.15, 0.2) is 0 Å². The number of ether oxygens (including phenoxy) is 1. The maximum absolute atomic E-state index is 12.4. The van der Waals surface area contributed by atoms with Gasteiger partial charge in [-0.2, -0.15) is 0 Å². The summed E-state index contributed by atoms with van der Waals surface area (Å²) in [5, 5.41) is 9.49. The number of rotatable bonds is 4. The molecule has 100 valence electrons. The molecular weight excluding hydrogens is 250 g/mol. The quantitative estimate of drug-likeness (QED) is 0.838. The smallest absolute Gasteiger partial charge is 0.285 e. The zero-order chi connectivity index (χ0) is 13.1. The monoisotopic (exact) mass is 269 g/mol. The summed E-state index contributed by atoms with van der Waals surface area (Å²) >= 11 is 1.40. The molecule has 0 spiro atoms. The van der Waals surface area contributed by atoms with Crippen molar-refractivity contribution in [2.45, 2.75) is 39.2 Å². The molecule has 0 radical (unpaired) electrons. The van der Waals surface area contributed by atoms with Crippen LogP contribution >= 0.6 is 11.3 Å². The third-order valence-corrected chi connectivity index (χ3v) is 4.28. The molecule has 1 aromatic heterocycles. The van der Waals surface area contributed by atoms with Gasteiger partial charge in [-0.1, -0.05) is 25.2 Å². The Morgan fingerprint density at radius 2 is 2.33 bits per heavy atom. The maximum Gasteiger partial charge on any atom is 0.285 e. The van der Waals surface area contributed by atoms with E-state index in [-0.39, 0.29) is 11.9 Å². The molecule has 0 bridgehead atoms. The number of nitrogens with zero attached hydrogens (tertiary/aromatic N) is 3. The molecule has 1 saturated heterocycles. The Morgan fingerprint density at radius 1 is 1.56 bits per heavy atom. The van der Waals surface area contributed by atoms with E-state index in [1.165, 1.54) is 11.3 Å². The van der Waals surface area contributed by atoms with Gasteiger partial charge < -0.3 is 9.64 Å². The first-order valence-electron chi connectivity index (χ1n) is 6.35. The van der Waals surface area contributed by atoms with E-state index in [9.17, 15) is 4.79 Å². The molecule has 1 aromatic rings. The van der Waals surface area contributed by atoms with Gasteiger partial charge in [-0.25, -0.2) is 0 Å². The molecule has 0 saturated carbocycles. The van der Waals surface area contributed by atoms with Crippen LogP contribution in [0.25, 0.3) is 0 Å². The van der Waals surface area contributed by atoms with E-state index in [0.717, 1.165) is 18.0 Å². The zero-order valence-corrected chi connectivity index (χ0v) is 11.9. The minimum absolute atomic E-state index is 0.0163. The Hall–Kier alpha value is -1.01. The van der Waals surface area contributed by atoms with Gasteiger partial charge >= 0.3 is 0 Å². The lowest BCUT2D eigenvalue weighted by Crippen LogP contribution is -2.40. The molecule has 1 aliphatic heterocycles. The first-order chi connectivity index (χ1) is 8.63. The molecule has 5 nitrogen and oxygen atoms in total. The average Bonchev–Trinajstić information content (AvgIpc) is 3.01. The minimum atomic E-state index is -0.0163. The van der Waals surface area contributed by atoms with Crippen molar-refractivity contribution in [2.24, 2.45) is 0 Å². The lowest BCUT2D eigenvalue weighted by atomic mass is 10.2. The normalized spacial score (nSPS) is 19.4. The van der Waals surface area contributed by atoms with Gasteiger partial charge in [-0.3, -0.25) is 4.79 Å². The average molecular weight is 269 g/mol. The van der Waals surface area contributed by atoms with Crippen molar-refractivity contribution in [3.8, 4) is 0 Å². The second-order valence-electron chi connectivity index (χ2n) is 4.71. The summed E-state index contributed by atoms with van der Waals surface area (Å²) in [7, 11) is 0. The summed E-state index contributed by atoms with van der Waals surface area (Å²) in [6.07, 6.45) is 0.912. The molecule has 2 heterocycles. The third kappa shape index (κ3) is 2.70. The Morgan fingerprint density at radius 3 is 2.83 bits per heavy atom. The summed E-state index contributed by atoms with van der Waals surface area (Å²) in [6, 6.07) is 0.189. The summed E-state index contributed by atoms with van der Waals surface area (Å²) in [6.45, 7) is 8.15. The fraction of sp³-hybridized carbons (Fsp3) is 0.750. The van der Waals surface area contributed by atoms with Crippen LogP contribution in [0, 0.1) is 0 Å². The number of carbonyl (C=O) groups excluding carboxylic acids is 1. The molecule has 0 N–H and O–H groups in total. The Balaban J connectivity index is 2.12. The lowest BCUT2D eigenvalue weighted by molar-refractivity contribution is 0.0665. The van der Waals surface area contributed by atoms with E-state index in [2.05, 4.69) is 24.0 Å². The summed E-state index contributed by atoms with van der Waals surface area (Å²) in [4.78, 5) is 14.2. The second kappa shape index (κ2) is 5.75. The van der Waals surface area contributed by atoms with E-state index in [4.69, 9.17) is 4.74 Å². The number of hydrogen-bond acceptors (Lipinski definition) is 5. The molecule has 1 unspecified atom stereocenters. The van der Waals surface area contributed by atoms with Crippen molar-refractivity contribution in [3.05, 3.63) is 10.0 Å². The summed E-state index contributed by atoms with van der Waals surface area (Å²) in [5.74, 6) is 0.298. The lowest BCUT2D eigenvalue weighted by Gasteiger charge is -2.25. The number of carbonyl (C=O) groups is 1. The van der Waals surface area contributed by atoms with E-state index in [1.807, 2.05) is 11.8 Å². The van der Waals surface area contributed by atoms with Gasteiger partial charge in [0.05, 0.1) is 12.6 Å². The third-order valence-electron chi connectivity index (χ3n) is 3.07. The predicted octanol–water partition coefficient (Wildman–Crippen LogP) is 1.91. The van der Waals surface area contributed by atoms with Crippen LogP contribution in [-0.2, 0) is 4.74 Å². The van der Waals surface area contributed by atoms with Crippen molar-refractivity contribution < 1.29 is 9.53 Å². The largest absolute Gasteiger partial charge is 0.379 e. The SMILES string of the molecule is CCN(C(=O)c1nnc(C(C)C)s1)C1CCOC1. The van der Waals surface area contributed by atoms with Crippen LogP contribution in [-0.4, -0.2) is 46.8 Å². The van der Waals surface area contributed by atoms with E-state index in [1.54, 1.807) is 0 Å². The molecule has 1 atom stereocenters. The molecule has 0 aromatic carbocycles. The first-order valence-corrected chi connectivity index (χ1v) is 7.17. The van der Waals surface area contributed by atoms with E-state index < -0.39 is 0 Å². The Bertz CT molecular complexity index is 413. The van der Waals surface area contributed by atoms with Gasteiger partial charge in [0, 0.05) is 19.1 Å². The number of amides is 1. The van der Waals surface area contributed by atoms with Gasteiger partial charge in [0.1, 0.15) is 5.01 Å². The fourth-order valence-electron chi connectivity index (χ4n) is 2.01. The number of likely N-dealkylation sites (N-methyl/N-ethyl adjacent to an activating group) is 1. The van der Waals surface area contributed by atoms with Gasteiger partial charge in [-0.15, -0.1) is 10.2 Å². The van der Waals surface area contributed by atoms with Gasteiger partial charge in [0.15, 0.2) is 0 Å². The second-order valence-corrected chi connectivity index (χ2v) is 5.72. The van der Waals surface area contributed by atoms with Crippen molar-refractivity contribution in [3.63, 3.8) is 0 Å². The molecular formula is C12H19N3O2S. The van der Waals surface area contributed by atoms with Crippen molar-refractivity contribution >= 4 is 17.2 Å². The highest BCUT2D eigenvalue weighted by atomic mass is 32.1. The zero-order valence-electron chi connectivity index (χ0n) is 11.0. The molecule has 2 rings (SSSR count). The molecule has 18 heavy (non-hydrogen) atoms. The van der Waals surface area contributed by atoms with Gasteiger partial charge in [0.25, 0.3) is 5.91 Å².